The summed E-state index contributed by atoms with van der Waals surface area (Å²) in [4.78, 5) is 126. The van der Waals surface area contributed by atoms with Crippen LogP contribution in [0.2, 0.25) is 0 Å². The lowest BCUT2D eigenvalue weighted by atomic mass is 10.0. The summed E-state index contributed by atoms with van der Waals surface area (Å²) in [7, 11) is 0. The van der Waals surface area contributed by atoms with Crippen LogP contribution in [0.15, 0.2) is 61.7 Å². The minimum Gasteiger partial charge on any atom is -0.445 e. The minimum absolute atomic E-state index is 0.00186. The number of nitrogens with zero attached hydrogens (tertiary/aromatic N) is 9. The predicted octanol–water partition coefficient (Wildman–Crippen LogP) is 2.98. The van der Waals surface area contributed by atoms with Gasteiger partial charge in [0.25, 0.3) is 11.8 Å². The number of halogens is 2. The predicted molar refractivity (Wildman–Crippen MR) is 319 cm³/mol. The van der Waals surface area contributed by atoms with Gasteiger partial charge in [-0.15, -0.1) is 0 Å². The average Bonchev–Trinajstić information content (AvgIpc) is 1.63. The van der Waals surface area contributed by atoms with Crippen LogP contribution in [-0.4, -0.2) is 173 Å². The Bertz CT molecular complexity index is 3670. The van der Waals surface area contributed by atoms with Crippen LogP contribution in [0.25, 0.3) is 22.3 Å². The number of carbonyl (C=O) groups is 8. The topological polar surface area (TPSA) is 450 Å². The lowest BCUT2D eigenvalue weighted by Crippen LogP contribution is -2.54. The number of benzene rings is 1. The van der Waals surface area contributed by atoms with Crippen molar-refractivity contribution in [2.24, 2.45) is 11.7 Å². The summed E-state index contributed by atoms with van der Waals surface area (Å²) in [5.74, 6) is -4.04. The highest BCUT2D eigenvalue weighted by Crippen LogP contribution is 2.60. The summed E-state index contributed by atoms with van der Waals surface area (Å²) in [5, 5.41) is 15.7. The molecule has 0 aliphatic carbocycles. The molecule has 4 aromatic heterocycles. The molecule has 5 aromatic rings. The fraction of sp³-hybridized carbons (Fsp3) is 0.490. The number of hydrogen-bond donors (Lipinski definition) is 10. The van der Waals surface area contributed by atoms with Gasteiger partial charge < -0.3 is 57.6 Å². The molecule has 4 aliphatic heterocycles. The van der Waals surface area contributed by atoms with Crippen LogP contribution < -0.4 is 43.4 Å². The van der Waals surface area contributed by atoms with Crippen LogP contribution >= 0.6 is 38.1 Å². The summed E-state index contributed by atoms with van der Waals surface area (Å²) < 4.78 is 102. The zero-order chi connectivity index (χ0) is 65.3. The van der Waals surface area contributed by atoms with Gasteiger partial charge in [-0.25, -0.2) is 57.4 Å². The first kappa shape index (κ1) is 67.6. The van der Waals surface area contributed by atoms with Crippen molar-refractivity contribution in [3.63, 3.8) is 0 Å². The molecule has 34 nitrogen and oxygen atoms in total. The number of nitrogen functional groups attached to an aromatic ring is 1. The monoisotopic (exact) mass is 1350 g/mol. The van der Waals surface area contributed by atoms with Crippen molar-refractivity contribution >= 4 is 125 Å². The number of ether oxygens (including phenoxy) is 3. The summed E-state index contributed by atoms with van der Waals surface area (Å²) in [6, 6.07) is 3.34. The number of nitrogens with one attached hydrogen (secondary N) is 6. The number of thiol groups is 2. The van der Waals surface area contributed by atoms with E-state index in [0.29, 0.717) is 24.1 Å². The van der Waals surface area contributed by atoms with E-state index in [1.165, 1.54) is 10.9 Å². The van der Waals surface area contributed by atoms with Gasteiger partial charge in [-0.05, 0) is 49.3 Å². The van der Waals surface area contributed by atoms with Gasteiger partial charge in [-0.3, -0.25) is 60.9 Å². The maximum absolute atomic E-state index is 16.7. The molecule has 8 heterocycles. The Hall–Kier alpha value is -7.80. The highest BCUT2D eigenvalue weighted by molar-refractivity contribution is 8.44. The Labute approximate surface area is 525 Å². The molecule has 0 saturated carbocycles. The summed E-state index contributed by atoms with van der Waals surface area (Å²) in [6.45, 7) is -7.42. The van der Waals surface area contributed by atoms with E-state index in [0.717, 1.165) is 40.6 Å². The largest absolute Gasteiger partial charge is 0.445 e. The van der Waals surface area contributed by atoms with Gasteiger partial charge >= 0.3 is 25.7 Å². The molecule has 490 valence electrons. The quantitative estimate of drug-likeness (QED) is 0.0194. The van der Waals surface area contributed by atoms with E-state index >= 15 is 8.78 Å². The number of imidazole rings is 2. The van der Waals surface area contributed by atoms with Gasteiger partial charge in [-0.1, -0.05) is 50.5 Å². The van der Waals surface area contributed by atoms with Gasteiger partial charge in [-0.2, -0.15) is 0 Å². The second-order valence-electron chi connectivity index (χ2n) is 21.2. The number of unbranched alkanes of at least 4 members (excludes halogenated alkanes) is 1. The molecular formula is C51H63F2N17O17P2S2. The van der Waals surface area contributed by atoms with Gasteiger partial charge in [0.05, 0.1) is 25.9 Å². The van der Waals surface area contributed by atoms with Gasteiger partial charge in [0, 0.05) is 50.3 Å². The standard InChI is InChI=1S/C51H63F2N17O17P2S2/c1-25(2)37(66-32(72)14-17-68-33(73)12-13-34(68)74)47(76)65-28(6-3-4-15-56-50(55)77)46(75)64-27-10-8-26(9-11-27)18-81-51(78)57-16-5-7-31(71)67-43-39-45(61-22-59-43)70(24-63-39)49-36(53)41-30(85-49)20-83-88(79,90)86-40-29(19-82-89(80,91)87-41)84-48(35(40)52)69-23-62-38-42(54)58-21-60-44(38)69/h8-13,21-25,28-30,35-37,40-41,48-49H,3-7,14-20H2,1-2H3,(H,57,78)(H,64,75)(H,65,76)(H,66,72)(H,79,90)(H,80,91)(H2,54,58,60)(H3,55,56,77)(H,59,61,67,71)/t28-,29+,30+,35+,36+,37-,40+,41+,48+,49+,88+,89+/m0/s1. The third kappa shape index (κ3) is 17.0. The first-order valence-corrected chi connectivity index (χ1v) is 33.5. The van der Waals surface area contributed by atoms with E-state index < -0.39 is 142 Å². The van der Waals surface area contributed by atoms with Crippen LogP contribution in [0.1, 0.15) is 70.4 Å². The van der Waals surface area contributed by atoms with Crippen LogP contribution in [0.3, 0.4) is 0 Å². The molecule has 91 heavy (non-hydrogen) atoms. The molecule has 3 saturated heterocycles. The first-order chi connectivity index (χ1) is 43.3. The minimum atomic E-state index is -4.56. The van der Waals surface area contributed by atoms with Crippen molar-refractivity contribution in [3.8, 4) is 0 Å². The molecule has 0 unspecified atom stereocenters. The molecule has 40 heteroatoms. The number of anilines is 3. The molecule has 10 N–H and O–H groups in total. The second kappa shape index (κ2) is 29.7. The van der Waals surface area contributed by atoms with E-state index in [2.05, 4.69) is 86.3 Å². The van der Waals surface area contributed by atoms with E-state index in [1.807, 2.05) is 0 Å². The molecule has 0 bridgehead atoms. The van der Waals surface area contributed by atoms with E-state index in [9.17, 15) is 47.5 Å². The summed E-state index contributed by atoms with van der Waals surface area (Å²) in [5.41, 5.74) is 12.1. The van der Waals surface area contributed by atoms with Crippen LogP contribution in [0.5, 0.6) is 0 Å². The summed E-state index contributed by atoms with van der Waals surface area (Å²) >= 11 is 8.10. The lowest BCUT2D eigenvalue weighted by molar-refractivity contribution is -0.137. The molecule has 3 fully saturated rings. The second-order valence-corrected chi connectivity index (χ2v) is 27.0. The average molecular weight is 1350 g/mol. The van der Waals surface area contributed by atoms with Crippen molar-refractivity contribution in [2.75, 3.05) is 49.2 Å². The molecule has 4 aliphatic rings. The zero-order valence-electron chi connectivity index (χ0n) is 48.3. The molecule has 9 rings (SSSR count). The number of urea groups is 1. The Morgan fingerprint density at radius 1 is 0.725 bits per heavy atom. The molecule has 12 atom stereocenters. The zero-order valence-corrected chi connectivity index (χ0v) is 51.9. The fourth-order valence-corrected chi connectivity index (χ4v) is 12.8. The number of rotatable bonds is 23. The number of carbonyl (C=O) groups excluding carboxylic acids is 8. The Balaban J connectivity index is 0.728. The third-order valence-corrected chi connectivity index (χ3v) is 17.7. The number of primary amides is 1. The molecule has 1 aromatic carbocycles. The maximum atomic E-state index is 16.7. The van der Waals surface area contributed by atoms with Crippen LogP contribution in [0.4, 0.5) is 35.7 Å². The SMILES string of the molecule is CC(C)[C@H](NC(=O)CCN1C(=O)C=CC1=O)C(=O)N[C@@H](CCCCNC(N)=O)C(=O)Nc1ccc(COC(=O)NCCCC(=O)Nc2ncnc3c2ncn3[C@@H]2O[C@@H]3CO[P@@](=O)(S)O[C@H]4[C@@H](F)[C@H](n5cnc6c(N)ncnc65)O[C@@H]4CO[P@@](=O)(S)O[C@H]3[C@H]2F)cc1. The lowest BCUT2D eigenvalue weighted by Gasteiger charge is -2.28. The maximum Gasteiger partial charge on any atom is 0.407 e. The van der Waals surface area contributed by atoms with E-state index in [1.54, 1.807) is 38.1 Å². The van der Waals surface area contributed by atoms with Crippen molar-refractivity contribution in [1.29, 1.82) is 0 Å². The van der Waals surface area contributed by atoms with Gasteiger partial charge in [0.1, 0.15) is 61.3 Å². The van der Waals surface area contributed by atoms with Crippen molar-refractivity contribution in [3.05, 3.63) is 67.3 Å². The molecule has 9 amide bonds. The number of hydrogen-bond acceptors (Lipinski definition) is 24. The van der Waals surface area contributed by atoms with Crippen molar-refractivity contribution in [2.45, 2.75) is 120 Å². The van der Waals surface area contributed by atoms with Gasteiger partial charge in [0.15, 0.2) is 53.2 Å². The first-order valence-electron chi connectivity index (χ1n) is 28.1. The number of aromatic nitrogens is 8. The molecule has 0 spiro atoms. The van der Waals surface area contributed by atoms with Crippen molar-refractivity contribution in [1.82, 2.24) is 65.2 Å². The van der Waals surface area contributed by atoms with E-state index in [-0.39, 0.29) is 85.9 Å². The fourth-order valence-electron chi connectivity index (χ4n) is 9.85. The Morgan fingerprint density at radius 2 is 1.31 bits per heavy atom. The number of nitrogens with two attached hydrogens (primary N) is 2. The highest BCUT2D eigenvalue weighted by Gasteiger charge is 2.54. The number of alkyl carbamates (subject to hydrolysis) is 1. The normalized spacial score (nSPS) is 25.6. The van der Waals surface area contributed by atoms with E-state index in [4.69, 9.17) is 43.8 Å². The van der Waals surface area contributed by atoms with Gasteiger partial charge in [0.2, 0.25) is 23.6 Å². The highest BCUT2D eigenvalue weighted by atomic mass is 32.7. The van der Waals surface area contributed by atoms with Crippen molar-refractivity contribution < 1.29 is 88.6 Å². The summed E-state index contributed by atoms with van der Waals surface area (Å²) in [6.07, 6.45) is -7.38. The van der Waals surface area contributed by atoms with Crippen LogP contribution in [-0.2, 0) is 76.8 Å². The smallest absolute Gasteiger partial charge is 0.407 e. The number of amides is 9. The molecule has 0 radical (unpaired) electrons. The number of imide groups is 1. The number of alkyl halides is 2. The Morgan fingerprint density at radius 3 is 1.91 bits per heavy atom. The third-order valence-electron chi connectivity index (χ3n) is 14.4. The van der Waals surface area contributed by atoms with Crippen LogP contribution in [0, 0.1) is 5.92 Å². The molecular weight excluding hydrogens is 1290 g/mol. The number of fused-ring (bicyclic) bond motifs is 4. The Kier molecular flexibility index (Phi) is 22.0.